The van der Waals surface area contributed by atoms with Gasteiger partial charge in [0.15, 0.2) is 0 Å². The van der Waals surface area contributed by atoms with Crippen LogP contribution in [0.1, 0.15) is 29.7 Å². The molecule has 34 heavy (non-hydrogen) atoms. The van der Waals surface area contributed by atoms with Gasteiger partial charge in [0.2, 0.25) is 15.9 Å². The molecule has 3 aromatic carbocycles. The van der Waals surface area contributed by atoms with Gasteiger partial charge in [-0.25, -0.2) is 8.42 Å². The molecule has 1 amide bonds. The predicted molar refractivity (Wildman–Crippen MR) is 137 cm³/mol. The maximum Gasteiger partial charge on any atom is 0.243 e. The third-order valence-corrected chi connectivity index (χ3v) is 7.93. The molecule has 0 saturated heterocycles. The lowest BCUT2D eigenvalue weighted by atomic mass is 10.1. The molecule has 8 heteroatoms. The maximum atomic E-state index is 13.5. The van der Waals surface area contributed by atoms with Gasteiger partial charge in [0.1, 0.15) is 5.75 Å². The number of hydrogen-bond acceptors (Lipinski definition) is 4. The fourth-order valence-corrected chi connectivity index (χ4v) is 5.37. The Hall–Kier alpha value is -2.68. The lowest BCUT2D eigenvalue weighted by Crippen LogP contribution is -2.42. The van der Waals surface area contributed by atoms with Crippen molar-refractivity contribution in [1.29, 1.82) is 0 Å². The predicted octanol–water partition coefficient (Wildman–Crippen LogP) is 4.88. The smallest absolute Gasteiger partial charge is 0.243 e. The van der Waals surface area contributed by atoms with Crippen molar-refractivity contribution in [3.63, 3.8) is 0 Å². The maximum absolute atomic E-state index is 13.5. The molecule has 0 radical (unpaired) electrons. The van der Waals surface area contributed by atoms with Gasteiger partial charge < -0.3 is 10.1 Å². The minimum Gasteiger partial charge on any atom is -0.496 e. The molecule has 0 bridgehead atoms. The third-order valence-electron chi connectivity index (χ3n) is 5.56. The summed E-state index contributed by atoms with van der Waals surface area (Å²) in [4.78, 5) is 13.0. The molecule has 0 spiro atoms. The number of carbonyl (C=O) groups is 1. The first-order chi connectivity index (χ1) is 16.2. The van der Waals surface area contributed by atoms with Crippen molar-refractivity contribution in [3.05, 3.63) is 94.0 Å². The summed E-state index contributed by atoms with van der Waals surface area (Å²) in [6.07, 6.45) is 0.491. The van der Waals surface area contributed by atoms with Crippen LogP contribution in [-0.2, 0) is 21.2 Å². The van der Waals surface area contributed by atoms with E-state index in [-0.39, 0.29) is 29.9 Å². The highest BCUT2D eigenvalue weighted by Gasteiger charge is 2.27. The van der Waals surface area contributed by atoms with Crippen LogP contribution in [0.3, 0.4) is 0 Å². The second-order valence-electron chi connectivity index (χ2n) is 8.05. The summed E-state index contributed by atoms with van der Waals surface area (Å²) in [7, 11) is -2.37. The van der Waals surface area contributed by atoms with Crippen LogP contribution >= 0.6 is 15.9 Å². The Labute approximate surface area is 210 Å². The summed E-state index contributed by atoms with van der Waals surface area (Å²) in [6, 6.07) is 21.7. The van der Waals surface area contributed by atoms with E-state index in [4.69, 9.17) is 4.74 Å². The monoisotopic (exact) mass is 544 g/mol. The average Bonchev–Trinajstić information content (AvgIpc) is 2.82. The van der Waals surface area contributed by atoms with Gasteiger partial charge >= 0.3 is 0 Å². The third kappa shape index (κ3) is 6.68. The molecule has 0 aliphatic carbocycles. The first-order valence-corrected chi connectivity index (χ1v) is 13.2. The number of amides is 1. The topological polar surface area (TPSA) is 75.7 Å². The molecule has 3 aromatic rings. The molecule has 180 valence electrons. The van der Waals surface area contributed by atoms with Crippen LogP contribution in [0.5, 0.6) is 5.75 Å². The number of sulfonamides is 1. The molecule has 3 rings (SSSR count). The molecule has 1 N–H and O–H groups in total. The number of ether oxygens (including phenoxy) is 1. The molecular weight excluding hydrogens is 516 g/mol. The highest BCUT2D eigenvalue weighted by atomic mass is 79.9. The van der Waals surface area contributed by atoms with Gasteiger partial charge in [-0.15, -0.1) is 0 Å². The van der Waals surface area contributed by atoms with Crippen LogP contribution in [0, 0.1) is 6.92 Å². The Bertz CT molecular complexity index is 1220. The Morgan fingerprint density at radius 2 is 1.74 bits per heavy atom. The van der Waals surface area contributed by atoms with Crippen LogP contribution < -0.4 is 10.1 Å². The summed E-state index contributed by atoms with van der Waals surface area (Å²) in [5, 5.41) is 2.92. The van der Waals surface area contributed by atoms with Gasteiger partial charge in [-0.05, 0) is 67.3 Å². The second kappa shape index (κ2) is 11.6. The first kappa shape index (κ1) is 25.9. The summed E-state index contributed by atoms with van der Waals surface area (Å²) < 4.78 is 34.5. The zero-order valence-corrected chi connectivity index (χ0v) is 21.9. The molecule has 1 unspecified atom stereocenters. The number of nitrogens with zero attached hydrogens (tertiary/aromatic N) is 1. The van der Waals surface area contributed by atoms with Crippen LogP contribution in [0.25, 0.3) is 0 Å². The standard InChI is InChI=1S/C26H29BrN2O4S/c1-19-17-24(13-14-25(19)33-3)34(31,32)29(16-15-21-7-5-4-6-8-21)18-26(30)28-20(2)22-9-11-23(27)12-10-22/h4-14,17,20H,15-16,18H2,1-3H3,(H,28,30). The first-order valence-electron chi connectivity index (χ1n) is 10.9. The fraction of sp³-hybridized carbons (Fsp3) is 0.269. The highest BCUT2D eigenvalue weighted by Crippen LogP contribution is 2.24. The number of halogens is 1. The quantitative estimate of drug-likeness (QED) is 0.394. The van der Waals surface area contributed by atoms with Crippen molar-refractivity contribution in [2.75, 3.05) is 20.2 Å². The number of aryl methyl sites for hydroxylation is 1. The van der Waals surface area contributed by atoms with Crippen molar-refractivity contribution < 1.29 is 17.9 Å². The Morgan fingerprint density at radius 3 is 2.35 bits per heavy atom. The summed E-state index contributed by atoms with van der Waals surface area (Å²) in [5.74, 6) is 0.244. The largest absolute Gasteiger partial charge is 0.496 e. The number of methoxy groups -OCH3 is 1. The van der Waals surface area contributed by atoms with E-state index in [1.807, 2.05) is 61.5 Å². The zero-order chi connectivity index (χ0) is 24.7. The van der Waals surface area contributed by atoms with Crippen LogP contribution in [-0.4, -0.2) is 38.8 Å². The van der Waals surface area contributed by atoms with E-state index in [0.29, 0.717) is 17.7 Å². The van der Waals surface area contributed by atoms with Crippen molar-refractivity contribution >= 4 is 31.9 Å². The lowest BCUT2D eigenvalue weighted by molar-refractivity contribution is -0.121. The van der Waals surface area contributed by atoms with E-state index in [0.717, 1.165) is 15.6 Å². The Balaban J connectivity index is 1.81. The minimum atomic E-state index is -3.91. The van der Waals surface area contributed by atoms with Gasteiger partial charge in [-0.1, -0.05) is 58.4 Å². The van der Waals surface area contributed by atoms with E-state index < -0.39 is 10.0 Å². The number of hydrogen-bond donors (Lipinski definition) is 1. The van der Waals surface area contributed by atoms with Crippen molar-refractivity contribution in [2.45, 2.75) is 31.2 Å². The summed E-state index contributed by atoms with van der Waals surface area (Å²) in [5.41, 5.74) is 2.64. The molecule has 6 nitrogen and oxygen atoms in total. The lowest BCUT2D eigenvalue weighted by Gasteiger charge is -2.23. The number of benzene rings is 3. The van der Waals surface area contributed by atoms with Gasteiger partial charge in [-0.2, -0.15) is 4.31 Å². The molecule has 0 fully saturated rings. The van der Waals surface area contributed by atoms with Gasteiger partial charge in [-0.3, -0.25) is 4.79 Å². The molecule has 0 saturated carbocycles. The van der Waals surface area contributed by atoms with Crippen molar-refractivity contribution in [1.82, 2.24) is 9.62 Å². The average molecular weight is 545 g/mol. The van der Waals surface area contributed by atoms with Crippen molar-refractivity contribution in [2.24, 2.45) is 0 Å². The number of carbonyl (C=O) groups excluding carboxylic acids is 1. The number of nitrogens with one attached hydrogen (secondary N) is 1. The molecule has 1 atom stereocenters. The second-order valence-corrected chi connectivity index (χ2v) is 10.9. The van der Waals surface area contributed by atoms with Crippen LogP contribution in [0.2, 0.25) is 0 Å². The van der Waals surface area contributed by atoms with E-state index >= 15 is 0 Å². The normalized spacial score (nSPS) is 12.4. The van der Waals surface area contributed by atoms with Crippen LogP contribution in [0.15, 0.2) is 82.2 Å². The minimum absolute atomic E-state index is 0.132. The van der Waals surface area contributed by atoms with Crippen molar-refractivity contribution in [3.8, 4) is 5.75 Å². The highest BCUT2D eigenvalue weighted by molar-refractivity contribution is 9.10. The van der Waals surface area contributed by atoms with Crippen LogP contribution in [0.4, 0.5) is 0 Å². The Morgan fingerprint density at radius 1 is 1.06 bits per heavy atom. The number of rotatable bonds is 10. The fourth-order valence-electron chi connectivity index (χ4n) is 3.63. The summed E-state index contributed by atoms with van der Waals surface area (Å²) in [6.45, 7) is 3.56. The Kier molecular flexibility index (Phi) is 8.88. The van der Waals surface area contributed by atoms with E-state index in [9.17, 15) is 13.2 Å². The SMILES string of the molecule is COc1ccc(S(=O)(=O)N(CCc2ccccc2)CC(=O)NC(C)c2ccc(Br)cc2)cc1C. The molecule has 0 aromatic heterocycles. The molecule has 0 heterocycles. The van der Waals surface area contributed by atoms with E-state index in [1.54, 1.807) is 26.2 Å². The molecular formula is C26H29BrN2O4S. The van der Waals surface area contributed by atoms with Gasteiger partial charge in [0, 0.05) is 11.0 Å². The summed E-state index contributed by atoms with van der Waals surface area (Å²) >= 11 is 3.40. The van der Waals surface area contributed by atoms with E-state index in [1.165, 1.54) is 10.4 Å². The van der Waals surface area contributed by atoms with Gasteiger partial charge in [0.25, 0.3) is 0 Å². The zero-order valence-electron chi connectivity index (χ0n) is 19.5. The molecule has 0 aliphatic rings. The van der Waals surface area contributed by atoms with E-state index in [2.05, 4.69) is 21.2 Å². The van der Waals surface area contributed by atoms with Gasteiger partial charge in [0.05, 0.1) is 24.6 Å². The molecule has 0 aliphatic heterocycles.